The summed E-state index contributed by atoms with van der Waals surface area (Å²) in [6.07, 6.45) is 7.24. The summed E-state index contributed by atoms with van der Waals surface area (Å²) in [5.41, 5.74) is 5.96. The summed E-state index contributed by atoms with van der Waals surface area (Å²) in [4.78, 5) is 7.29. The highest BCUT2D eigenvalue weighted by molar-refractivity contribution is 5.84. The molecule has 1 aliphatic heterocycles. The Labute approximate surface area is 194 Å². The van der Waals surface area contributed by atoms with Crippen molar-refractivity contribution in [1.82, 2.24) is 14.5 Å². The van der Waals surface area contributed by atoms with E-state index in [1.807, 2.05) is 31.4 Å². The van der Waals surface area contributed by atoms with Gasteiger partial charge in [0.15, 0.2) is 0 Å². The molecule has 0 saturated carbocycles. The molecule has 5 rings (SSSR count). The number of aryl methyl sites for hydroxylation is 1. The fourth-order valence-corrected chi connectivity index (χ4v) is 4.96. The quantitative estimate of drug-likeness (QED) is 0.383. The first-order valence-electron chi connectivity index (χ1n) is 11.6. The molecule has 4 aromatic rings. The minimum Gasteiger partial charge on any atom is -0.497 e. The molecule has 0 bridgehead atoms. The Morgan fingerprint density at radius 1 is 1.00 bits per heavy atom. The van der Waals surface area contributed by atoms with Crippen molar-refractivity contribution in [3.05, 3.63) is 95.2 Å². The molecule has 0 N–H and O–H groups in total. The van der Waals surface area contributed by atoms with E-state index < -0.39 is 0 Å². The van der Waals surface area contributed by atoms with Gasteiger partial charge in [0.1, 0.15) is 11.6 Å². The molecule has 0 amide bonds. The van der Waals surface area contributed by atoms with Gasteiger partial charge in [0.2, 0.25) is 0 Å². The Morgan fingerprint density at radius 2 is 1.76 bits per heavy atom. The monoisotopic (exact) mass is 443 g/mol. The molecule has 0 spiro atoms. The standard InChI is InChI=1S/C28H30FN3O/c1-31-18-23(26-16-24(29)6-10-28(26)31)19-32-13-11-22(12-14-32)27-9-5-21(17-30-27)15-20-3-7-25(33-2)8-4-20/h3-10,16-18,22H,11-15,19H2,1-2H3. The van der Waals surface area contributed by atoms with E-state index in [0.717, 1.165) is 55.5 Å². The van der Waals surface area contributed by atoms with Crippen LogP contribution in [0.1, 0.15) is 41.1 Å². The second-order valence-electron chi connectivity index (χ2n) is 9.09. The van der Waals surface area contributed by atoms with Crippen molar-refractivity contribution in [3.63, 3.8) is 0 Å². The number of aromatic nitrogens is 2. The van der Waals surface area contributed by atoms with Crippen LogP contribution in [0.3, 0.4) is 0 Å². The van der Waals surface area contributed by atoms with E-state index in [-0.39, 0.29) is 5.82 Å². The molecule has 1 fully saturated rings. The number of fused-ring (bicyclic) bond motifs is 1. The summed E-state index contributed by atoms with van der Waals surface area (Å²) >= 11 is 0. The highest BCUT2D eigenvalue weighted by Gasteiger charge is 2.22. The van der Waals surface area contributed by atoms with Gasteiger partial charge in [-0.25, -0.2) is 4.39 Å². The summed E-state index contributed by atoms with van der Waals surface area (Å²) in [5.74, 6) is 1.21. The number of halogens is 1. The second-order valence-corrected chi connectivity index (χ2v) is 9.09. The average molecular weight is 444 g/mol. The molecule has 1 aliphatic rings. The molecule has 4 nitrogen and oxygen atoms in total. The van der Waals surface area contributed by atoms with Crippen LogP contribution in [0.25, 0.3) is 10.9 Å². The van der Waals surface area contributed by atoms with Gasteiger partial charge in [0.25, 0.3) is 0 Å². The van der Waals surface area contributed by atoms with Crippen LogP contribution < -0.4 is 4.74 Å². The molecule has 0 unspecified atom stereocenters. The Kier molecular flexibility index (Phi) is 6.14. The van der Waals surface area contributed by atoms with Crippen LogP contribution >= 0.6 is 0 Å². The zero-order valence-electron chi connectivity index (χ0n) is 19.3. The van der Waals surface area contributed by atoms with Gasteiger partial charge in [-0.3, -0.25) is 9.88 Å². The van der Waals surface area contributed by atoms with E-state index in [1.54, 1.807) is 13.2 Å². The third kappa shape index (κ3) is 4.79. The predicted octanol–water partition coefficient (Wildman–Crippen LogP) is 5.69. The smallest absolute Gasteiger partial charge is 0.123 e. The summed E-state index contributed by atoms with van der Waals surface area (Å²) in [5, 5.41) is 1.02. The minimum atomic E-state index is -0.171. The number of rotatable bonds is 6. The van der Waals surface area contributed by atoms with E-state index in [2.05, 4.69) is 39.9 Å². The van der Waals surface area contributed by atoms with E-state index in [9.17, 15) is 4.39 Å². The molecular weight excluding hydrogens is 413 g/mol. The van der Waals surface area contributed by atoms with Gasteiger partial charge < -0.3 is 9.30 Å². The van der Waals surface area contributed by atoms with E-state index in [4.69, 9.17) is 9.72 Å². The van der Waals surface area contributed by atoms with Gasteiger partial charge in [-0.05, 0) is 85.4 Å². The number of hydrogen-bond donors (Lipinski definition) is 0. The summed E-state index contributed by atoms with van der Waals surface area (Å²) < 4.78 is 21.1. The number of benzene rings is 2. The van der Waals surface area contributed by atoms with Crippen LogP contribution in [0.2, 0.25) is 0 Å². The van der Waals surface area contributed by atoms with Crippen LogP contribution in [0, 0.1) is 5.82 Å². The first kappa shape index (κ1) is 21.7. The number of nitrogens with zero attached hydrogens (tertiary/aromatic N) is 3. The Morgan fingerprint density at radius 3 is 2.45 bits per heavy atom. The maximum Gasteiger partial charge on any atom is 0.123 e. The van der Waals surface area contributed by atoms with Crippen LogP contribution in [-0.4, -0.2) is 34.7 Å². The molecule has 3 heterocycles. The highest BCUT2D eigenvalue weighted by Crippen LogP contribution is 2.29. The van der Waals surface area contributed by atoms with Gasteiger partial charge >= 0.3 is 0 Å². The zero-order chi connectivity index (χ0) is 22.8. The topological polar surface area (TPSA) is 30.3 Å². The van der Waals surface area contributed by atoms with Gasteiger partial charge in [-0.15, -0.1) is 0 Å². The third-order valence-electron chi connectivity index (χ3n) is 6.85. The molecule has 0 aliphatic carbocycles. The molecule has 0 atom stereocenters. The number of ether oxygens (including phenoxy) is 1. The molecule has 2 aromatic heterocycles. The summed E-state index contributed by atoms with van der Waals surface area (Å²) in [7, 11) is 3.72. The lowest BCUT2D eigenvalue weighted by Crippen LogP contribution is -2.32. The SMILES string of the molecule is COc1ccc(Cc2ccc(C3CCN(Cc4cn(C)c5ccc(F)cc45)CC3)nc2)cc1. The van der Waals surface area contributed by atoms with Crippen LogP contribution in [0.4, 0.5) is 4.39 Å². The lowest BCUT2D eigenvalue weighted by molar-refractivity contribution is 0.204. The lowest BCUT2D eigenvalue weighted by Gasteiger charge is -2.31. The first-order valence-corrected chi connectivity index (χ1v) is 11.6. The Balaban J connectivity index is 1.18. The summed E-state index contributed by atoms with van der Waals surface area (Å²) in [6.45, 7) is 2.93. The molecule has 5 heteroatoms. The van der Waals surface area contributed by atoms with Crippen LogP contribution in [0.15, 0.2) is 67.0 Å². The number of hydrogen-bond acceptors (Lipinski definition) is 3. The van der Waals surface area contributed by atoms with E-state index >= 15 is 0 Å². The van der Waals surface area contributed by atoms with Crippen LogP contribution in [0.5, 0.6) is 5.75 Å². The molecule has 170 valence electrons. The fraction of sp³-hybridized carbons (Fsp3) is 0.321. The maximum absolute atomic E-state index is 13.8. The summed E-state index contributed by atoms with van der Waals surface area (Å²) in [6, 6.07) is 17.7. The van der Waals surface area contributed by atoms with Gasteiger partial charge in [-0.1, -0.05) is 18.2 Å². The second kappa shape index (κ2) is 9.36. The Hall–Kier alpha value is -3.18. The van der Waals surface area contributed by atoms with Gasteiger partial charge in [0, 0.05) is 48.5 Å². The number of likely N-dealkylation sites (tertiary alicyclic amines) is 1. The van der Waals surface area contributed by atoms with Gasteiger partial charge in [0.05, 0.1) is 7.11 Å². The molecule has 2 aromatic carbocycles. The molecule has 33 heavy (non-hydrogen) atoms. The highest BCUT2D eigenvalue weighted by atomic mass is 19.1. The van der Waals surface area contributed by atoms with Crippen molar-refractivity contribution >= 4 is 10.9 Å². The van der Waals surface area contributed by atoms with Crippen molar-refractivity contribution in [2.45, 2.75) is 31.7 Å². The normalized spacial score (nSPS) is 15.2. The van der Waals surface area contributed by atoms with Crippen molar-refractivity contribution in [3.8, 4) is 5.75 Å². The number of methoxy groups -OCH3 is 1. The van der Waals surface area contributed by atoms with Crippen molar-refractivity contribution in [2.75, 3.05) is 20.2 Å². The molecule has 0 radical (unpaired) electrons. The van der Waals surface area contributed by atoms with Crippen molar-refractivity contribution < 1.29 is 9.13 Å². The minimum absolute atomic E-state index is 0.171. The number of pyridine rings is 1. The van der Waals surface area contributed by atoms with E-state index in [1.165, 1.54) is 28.5 Å². The lowest BCUT2D eigenvalue weighted by atomic mass is 9.92. The Bertz CT molecular complexity index is 1220. The van der Waals surface area contributed by atoms with Crippen LogP contribution in [-0.2, 0) is 20.0 Å². The third-order valence-corrected chi connectivity index (χ3v) is 6.85. The average Bonchev–Trinajstić information content (AvgIpc) is 3.15. The molecule has 1 saturated heterocycles. The zero-order valence-corrected chi connectivity index (χ0v) is 19.3. The van der Waals surface area contributed by atoms with E-state index in [0.29, 0.717) is 5.92 Å². The van der Waals surface area contributed by atoms with Gasteiger partial charge in [-0.2, -0.15) is 0 Å². The fourth-order valence-electron chi connectivity index (χ4n) is 4.96. The first-order chi connectivity index (χ1) is 16.1. The van der Waals surface area contributed by atoms with Crippen molar-refractivity contribution in [2.24, 2.45) is 7.05 Å². The molecular formula is C28H30FN3O. The largest absolute Gasteiger partial charge is 0.497 e. The van der Waals surface area contributed by atoms with Crippen molar-refractivity contribution in [1.29, 1.82) is 0 Å². The number of piperidine rings is 1. The predicted molar refractivity (Wildman–Crippen MR) is 130 cm³/mol. The maximum atomic E-state index is 13.8.